The average molecular weight is 449 g/mol. The molecule has 1 amide bonds. The van der Waals surface area contributed by atoms with Gasteiger partial charge in [-0.1, -0.05) is 13.8 Å². The van der Waals surface area contributed by atoms with Crippen LogP contribution in [-0.2, 0) is 16.0 Å². The zero-order valence-electron chi connectivity index (χ0n) is 19.8. The SMILES string of the molecule is COc1cc2c(cc1OC)[C@H]1C[C@@H](COC(=O)N(C)CC(=O)O)[C@H](CC(C)C)CN1CC2. The van der Waals surface area contributed by atoms with Crippen molar-refractivity contribution >= 4 is 12.1 Å². The number of hydrogen-bond donors (Lipinski definition) is 1. The number of carbonyl (C=O) groups is 2. The first-order chi connectivity index (χ1) is 15.2. The first-order valence-electron chi connectivity index (χ1n) is 11.3. The maximum Gasteiger partial charge on any atom is 0.410 e. The van der Waals surface area contributed by atoms with Crippen molar-refractivity contribution in [3.05, 3.63) is 23.3 Å². The van der Waals surface area contributed by atoms with Gasteiger partial charge in [0.25, 0.3) is 0 Å². The molecule has 8 nitrogen and oxygen atoms in total. The fourth-order valence-electron chi connectivity index (χ4n) is 5.14. The van der Waals surface area contributed by atoms with Gasteiger partial charge in [-0.15, -0.1) is 0 Å². The van der Waals surface area contributed by atoms with Crippen LogP contribution in [0.4, 0.5) is 4.79 Å². The molecule has 8 heteroatoms. The fourth-order valence-corrected chi connectivity index (χ4v) is 5.14. The topological polar surface area (TPSA) is 88.5 Å². The van der Waals surface area contributed by atoms with E-state index in [0.29, 0.717) is 18.4 Å². The molecule has 0 radical (unpaired) electrons. The molecule has 2 heterocycles. The largest absolute Gasteiger partial charge is 0.493 e. The lowest BCUT2D eigenvalue weighted by Gasteiger charge is -2.47. The molecule has 3 atom stereocenters. The van der Waals surface area contributed by atoms with Crippen LogP contribution in [0.5, 0.6) is 11.5 Å². The van der Waals surface area contributed by atoms with E-state index in [0.717, 1.165) is 48.8 Å². The van der Waals surface area contributed by atoms with Gasteiger partial charge >= 0.3 is 12.1 Å². The average Bonchev–Trinajstić information content (AvgIpc) is 2.75. The quantitative estimate of drug-likeness (QED) is 0.652. The molecule has 1 aromatic rings. The Kier molecular flexibility index (Phi) is 7.87. The van der Waals surface area contributed by atoms with E-state index in [1.165, 1.54) is 18.2 Å². The Hall–Kier alpha value is -2.48. The lowest BCUT2D eigenvalue weighted by Crippen LogP contribution is -2.47. The summed E-state index contributed by atoms with van der Waals surface area (Å²) in [6.07, 6.45) is 2.33. The van der Waals surface area contributed by atoms with Crippen LogP contribution in [0.1, 0.15) is 43.9 Å². The molecule has 3 rings (SSSR count). The third-order valence-electron chi connectivity index (χ3n) is 6.65. The van der Waals surface area contributed by atoms with E-state index in [2.05, 4.69) is 30.9 Å². The predicted octanol–water partition coefficient (Wildman–Crippen LogP) is 3.44. The Morgan fingerprint density at radius 2 is 1.88 bits per heavy atom. The van der Waals surface area contributed by atoms with E-state index >= 15 is 0 Å². The number of carbonyl (C=O) groups excluding carboxylic acids is 1. The van der Waals surface area contributed by atoms with E-state index in [1.807, 2.05) is 0 Å². The Labute approximate surface area is 190 Å². The molecule has 0 spiro atoms. The number of benzene rings is 1. The van der Waals surface area contributed by atoms with Gasteiger partial charge in [0.2, 0.25) is 0 Å². The minimum Gasteiger partial charge on any atom is -0.493 e. The zero-order valence-corrected chi connectivity index (χ0v) is 19.8. The number of rotatable bonds is 8. The summed E-state index contributed by atoms with van der Waals surface area (Å²) in [6, 6.07) is 4.42. The Balaban J connectivity index is 1.79. The number of fused-ring (bicyclic) bond motifs is 3. The highest BCUT2D eigenvalue weighted by Gasteiger charge is 2.40. The molecule has 178 valence electrons. The molecule has 0 aromatic heterocycles. The van der Waals surface area contributed by atoms with Crippen molar-refractivity contribution in [1.29, 1.82) is 0 Å². The van der Waals surface area contributed by atoms with E-state index in [-0.39, 0.29) is 18.5 Å². The number of ether oxygens (including phenoxy) is 3. The molecule has 0 unspecified atom stereocenters. The summed E-state index contributed by atoms with van der Waals surface area (Å²) in [5.74, 6) is 1.60. The number of carboxylic acids is 1. The highest BCUT2D eigenvalue weighted by Crippen LogP contribution is 2.45. The van der Waals surface area contributed by atoms with Crippen molar-refractivity contribution in [2.75, 3.05) is 47.5 Å². The van der Waals surface area contributed by atoms with Crippen LogP contribution >= 0.6 is 0 Å². The number of hydrogen-bond acceptors (Lipinski definition) is 6. The minimum atomic E-state index is -1.06. The molecule has 2 aliphatic rings. The van der Waals surface area contributed by atoms with E-state index in [1.54, 1.807) is 14.2 Å². The van der Waals surface area contributed by atoms with Gasteiger partial charge in [0, 0.05) is 26.2 Å². The van der Waals surface area contributed by atoms with Crippen LogP contribution in [0, 0.1) is 17.8 Å². The smallest absolute Gasteiger partial charge is 0.410 e. The molecule has 1 N–H and O–H groups in total. The summed E-state index contributed by atoms with van der Waals surface area (Å²) in [5, 5.41) is 8.92. The second-order valence-electron chi connectivity index (χ2n) is 9.38. The highest BCUT2D eigenvalue weighted by atomic mass is 16.6. The molecule has 2 aliphatic heterocycles. The summed E-state index contributed by atoms with van der Waals surface area (Å²) in [5.41, 5.74) is 2.54. The van der Waals surface area contributed by atoms with Gasteiger partial charge in [-0.05, 0) is 60.3 Å². The summed E-state index contributed by atoms with van der Waals surface area (Å²) in [6.45, 7) is 6.33. The molecule has 1 aromatic carbocycles. The number of methoxy groups -OCH3 is 2. The van der Waals surface area contributed by atoms with Crippen molar-refractivity contribution in [3.8, 4) is 11.5 Å². The molecule has 32 heavy (non-hydrogen) atoms. The maximum atomic E-state index is 12.3. The fraction of sp³-hybridized carbons (Fsp3) is 0.667. The van der Waals surface area contributed by atoms with E-state index in [4.69, 9.17) is 19.3 Å². The monoisotopic (exact) mass is 448 g/mol. The Morgan fingerprint density at radius 3 is 2.50 bits per heavy atom. The van der Waals surface area contributed by atoms with Gasteiger partial charge in [-0.25, -0.2) is 4.79 Å². The lowest BCUT2D eigenvalue weighted by atomic mass is 9.74. The van der Waals surface area contributed by atoms with Crippen molar-refractivity contribution in [3.63, 3.8) is 0 Å². The van der Waals surface area contributed by atoms with E-state index < -0.39 is 12.1 Å². The zero-order chi connectivity index (χ0) is 23.4. The van der Waals surface area contributed by atoms with Gasteiger partial charge < -0.3 is 24.2 Å². The van der Waals surface area contributed by atoms with Crippen LogP contribution in [0.3, 0.4) is 0 Å². The van der Waals surface area contributed by atoms with Crippen molar-refractivity contribution < 1.29 is 28.9 Å². The lowest BCUT2D eigenvalue weighted by molar-refractivity contribution is -0.137. The first kappa shape index (κ1) is 24.2. The third-order valence-corrected chi connectivity index (χ3v) is 6.65. The van der Waals surface area contributed by atoms with Gasteiger partial charge in [-0.2, -0.15) is 0 Å². The molecule has 1 fully saturated rings. The maximum absolute atomic E-state index is 12.3. The molecule has 0 saturated carbocycles. The number of piperidine rings is 1. The van der Waals surface area contributed by atoms with Gasteiger partial charge in [0.05, 0.1) is 20.8 Å². The molecular formula is C24H36N2O6. The minimum absolute atomic E-state index is 0.208. The Morgan fingerprint density at radius 1 is 1.19 bits per heavy atom. The Bertz CT molecular complexity index is 827. The van der Waals surface area contributed by atoms with Crippen LogP contribution in [0.15, 0.2) is 12.1 Å². The van der Waals surface area contributed by atoms with Crippen LogP contribution < -0.4 is 9.47 Å². The number of amides is 1. The van der Waals surface area contributed by atoms with Crippen molar-refractivity contribution in [2.45, 2.75) is 39.2 Å². The summed E-state index contributed by atoms with van der Waals surface area (Å²) in [7, 11) is 4.75. The number of likely N-dealkylation sites (N-methyl/N-ethyl adjacent to an activating group) is 1. The number of aliphatic carboxylic acids is 1. The third kappa shape index (κ3) is 5.46. The van der Waals surface area contributed by atoms with Crippen LogP contribution in [-0.4, -0.2) is 74.5 Å². The summed E-state index contributed by atoms with van der Waals surface area (Å²) in [4.78, 5) is 26.8. The van der Waals surface area contributed by atoms with Gasteiger partial charge in [0.15, 0.2) is 11.5 Å². The predicted molar refractivity (Wildman–Crippen MR) is 120 cm³/mol. The molecule has 0 bridgehead atoms. The normalized spacial score (nSPS) is 22.6. The second-order valence-corrected chi connectivity index (χ2v) is 9.38. The summed E-state index contributed by atoms with van der Waals surface area (Å²) < 4.78 is 16.6. The highest BCUT2D eigenvalue weighted by molar-refractivity contribution is 5.76. The molecular weight excluding hydrogens is 412 g/mol. The van der Waals surface area contributed by atoms with Gasteiger partial charge in [0.1, 0.15) is 6.54 Å². The molecule has 0 aliphatic carbocycles. The van der Waals surface area contributed by atoms with Crippen molar-refractivity contribution in [2.24, 2.45) is 17.8 Å². The van der Waals surface area contributed by atoms with Crippen LogP contribution in [0.25, 0.3) is 0 Å². The number of nitrogens with zero attached hydrogens (tertiary/aromatic N) is 2. The summed E-state index contributed by atoms with van der Waals surface area (Å²) >= 11 is 0. The first-order valence-corrected chi connectivity index (χ1v) is 11.3. The second kappa shape index (κ2) is 10.4. The van der Waals surface area contributed by atoms with Crippen LogP contribution in [0.2, 0.25) is 0 Å². The van der Waals surface area contributed by atoms with Gasteiger partial charge in [-0.3, -0.25) is 9.69 Å². The molecule has 1 saturated heterocycles. The standard InChI is InChI=1S/C24H36N2O6/c1-15(2)8-17-12-26-7-6-16-10-21(30-4)22(31-5)11-19(16)20(26)9-18(17)14-32-24(29)25(3)13-23(27)28/h10-11,15,17-18,20H,6-9,12-14H2,1-5H3,(H,27,28)/t17-,18+,20-/m1/s1. The number of carboxylic acid groups (broad SMARTS) is 1. The van der Waals surface area contributed by atoms with Crippen molar-refractivity contribution in [1.82, 2.24) is 9.80 Å². The van der Waals surface area contributed by atoms with E-state index in [9.17, 15) is 9.59 Å².